The molecule has 2 aromatic carbocycles. The van der Waals surface area contributed by atoms with Gasteiger partial charge in [0.05, 0.1) is 0 Å². The van der Waals surface area contributed by atoms with E-state index in [1.54, 1.807) is 0 Å². The number of amides is 3. The number of hydrogen-bond acceptors (Lipinski definition) is 3. The van der Waals surface area contributed by atoms with Crippen LogP contribution in [-0.4, -0.2) is 45.7 Å². The molecule has 1 aliphatic rings. The van der Waals surface area contributed by atoms with Crippen LogP contribution in [0, 0.1) is 0 Å². The van der Waals surface area contributed by atoms with Gasteiger partial charge < -0.3 is 20.7 Å². The highest BCUT2D eigenvalue weighted by Crippen LogP contribution is 2.44. The van der Waals surface area contributed by atoms with Crippen LogP contribution < -0.4 is 16.0 Å². The van der Waals surface area contributed by atoms with Crippen LogP contribution in [0.1, 0.15) is 23.5 Å². The summed E-state index contributed by atoms with van der Waals surface area (Å²) >= 11 is 6.26. The van der Waals surface area contributed by atoms with Crippen molar-refractivity contribution in [3.05, 3.63) is 59.7 Å². The van der Waals surface area contributed by atoms with Crippen LogP contribution in [0.15, 0.2) is 48.5 Å². The van der Waals surface area contributed by atoms with Crippen molar-refractivity contribution in [2.24, 2.45) is 0 Å². The summed E-state index contributed by atoms with van der Waals surface area (Å²) in [6.07, 6.45) is 0.382. The molecule has 3 rings (SSSR count). The minimum absolute atomic E-state index is 0.0306. The Morgan fingerprint density at radius 3 is 2.06 bits per heavy atom. The van der Waals surface area contributed by atoms with Gasteiger partial charge in [-0.3, -0.25) is 0 Å². The van der Waals surface area contributed by atoms with Gasteiger partial charge in [-0.2, -0.15) is 11.1 Å². The fraction of sp³-hybridized carbons (Fsp3) is 0.391. The van der Waals surface area contributed by atoms with Crippen molar-refractivity contribution in [3.8, 4) is 11.1 Å². The highest BCUT2D eigenvalue weighted by atomic mass is 35.6. The molecule has 0 saturated carbocycles. The number of ether oxygens (including phenoxy) is 1. The summed E-state index contributed by atoms with van der Waals surface area (Å²) < 4.78 is 5.47. The first kappa shape index (κ1) is 23.2. The lowest BCUT2D eigenvalue weighted by Gasteiger charge is -2.15. The van der Waals surface area contributed by atoms with Crippen LogP contribution >= 0.6 is 11.1 Å². The monoisotopic (exact) mass is 459 g/mol. The predicted molar refractivity (Wildman–Crippen MR) is 127 cm³/mol. The SMILES string of the molecule is C[Si](C)(Cl)CCCNC(=O)NCCNC(=O)OCC1c2ccccc2-c2ccccc21. The van der Waals surface area contributed by atoms with Crippen molar-refractivity contribution in [2.45, 2.75) is 31.5 Å². The molecule has 31 heavy (non-hydrogen) atoms. The molecule has 3 N–H and O–H groups in total. The second-order valence-corrected chi connectivity index (χ2v) is 15.3. The van der Waals surface area contributed by atoms with E-state index >= 15 is 0 Å². The lowest BCUT2D eigenvalue weighted by molar-refractivity contribution is 0.143. The fourth-order valence-corrected chi connectivity index (χ4v) is 5.18. The first-order chi connectivity index (χ1) is 14.8. The van der Waals surface area contributed by atoms with E-state index in [4.69, 9.17) is 15.8 Å². The largest absolute Gasteiger partial charge is 0.449 e. The number of hydrogen-bond donors (Lipinski definition) is 3. The number of carbonyl (C=O) groups excluding carboxylic acids is 2. The first-order valence-electron chi connectivity index (χ1n) is 10.6. The second-order valence-electron chi connectivity index (χ2n) is 8.26. The maximum Gasteiger partial charge on any atom is 0.407 e. The average molecular weight is 460 g/mol. The highest BCUT2D eigenvalue weighted by Gasteiger charge is 2.28. The van der Waals surface area contributed by atoms with Crippen molar-refractivity contribution in [2.75, 3.05) is 26.2 Å². The van der Waals surface area contributed by atoms with Gasteiger partial charge >= 0.3 is 12.1 Å². The normalized spacial score (nSPS) is 12.6. The minimum atomic E-state index is -1.59. The molecule has 0 aliphatic heterocycles. The lowest BCUT2D eigenvalue weighted by atomic mass is 9.98. The average Bonchev–Trinajstić information content (AvgIpc) is 3.06. The third-order valence-corrected chi connectivity index (χ3v) is 7.37. The Morgan fingerprint density at radius 2 is 1.45 bits per heavy atom. The van der Waals surface area contributed by atoms with Crippen LogP contribution in [0.2, 0.25) is 19.1 Å². The zero-order valence-electron chi connectivity index (χ0n) is 18.0. The van der Waals surface area contributed by atoms with Crippen LogP contribution in [-0.2, 0) is 4.74 Å². The van der Waals surface area contributed by atoms with Gasteiger partial charge in [0.25, 0.3) is 0 Å². The summed E-state index contributed by atoms with van der Waals surface area (Å²) in [7, 11) is -1.59. The molecular formula is C23H30ClN3O3Si. The van der Waals surface area contributed by atoms with E-state index in [2.05, 4.69) is 53.3 Å². The highest BCUT2D eigenvalue weighted by molar-refractivity contribution is 7.19. The molecule has 6 nitrogen and oxygen atoms in total. The van der Waals surface area contributed by atoms with E-state index in [1.807, 2.05) is 24.3 Å². The Labute approximate surface area is 189 Å². The number of halogens is 1. The molecule has 0 unspecified atom stereocenters. The summed E-state index contributed by atoms with van der Waals surface area (Å²) in [5.41, 5.74) is 4.74. The number of carbonyl (C=O) groups is 2. The van der Waals surface area contributed by atoms with E-state index in [0.29, 0.717) is 19.6 Å². The number of benzene rings is 2. The summed E-state index contributed by atoms with van der Waals surface area (Å²) in [6.45, 7) is 5.66. The molecule has 166 valence electrons. The van der Waals surface area contributed by atoms with Crippen LogP contribution in [0.3, 0.4) is 0 Å². The third kappa shape index (κ3) is 6.74. The van der Waals surface area contributed by atoms with Crippen LogP contribution in [0.25, 0.3) is 11.1 Å². The molecule has 0 heterocycles. The second kappa shape index (κ2) is 10.7. The van der Waals surface area contributed by atoms with Crippen molar-refractivity contribution < 1.29 is 14.3 Å². The number of urea groups is 1. The quantitative estimate of drug-likeness (QED) is 0.290. The number of fused-ring (bicyclic) bond motifs is 3. The van der Waals surface area contributed by atoms with E-state index in [1.165, 1.54) is 22.3 Å². The molecule has 0 radical (unpaired) electrons. The van der Waals surface area contributed by atoms with Gasteiger partial charge in [-0.15, -0.1) is 0 Å². The minimum Gasteiger partial charge on any atom is -0.449 e. The smallest absolute Gasteiger partial charge is 0.407 e. The number of rotatable bonds is 9. The Hall–Kier alpha value is -2.51. The number of nitrogens with one attached hydrogen (secondary N) is 3. The first-order valence-corrected chi connectivity index (χ1v) is 14.9. The molecule has 0 atom stereocenters. The van der Waals surface area contributed by atoms with Gasteiger partial charge in [0.2, 0.25) is 0 Å². The van der Waals surface area contributed by atoms with Gasteiger partial charge in [-0.1, -0.05) is 61.6 Å². The molecule has 0 spiro atoms. The maximum atomic E-state index is 12.1. The Morgan fingerprint density at radius 1 is 0.903 bits per heavy atom. The van der Waals surface area contributed by atoms with E-state index in [0.717, 1.165) is 12.5 Å². The molecular weight excluding hydrogens is 430 g/mol. The molecule has 1 aliphatic carbocycles. The van der Waals surface area contributed by atoms with Gasteiger partial charge in [-0.25, -0.2) is 9.59 Å². The zero-order chi connectivity index (χ0) is 22.3. The molecule has 0 saturated heterocycles. The lowest BCUT2D eigenvalue weighted by Crippen LogP contribution is -2.41. The topological polar surface area (TPSA) is 79.5 Å². The van der Waals surface area contributed by atoms with Gasteiger partial charge in [-0.05, 0) is 34.7 Å². The Bertz CT molecular complexity index is 871. The van der Waals surface area contributed by atoms with Crippen molar-refractivity contribution in [3.63, 3.8) is 0 Å². The predicted octanol–water partition coefficient (Wildman–Crippen LogP) is 4.66. The molecule has 3 amide bonds. The molecule has 2 aromatic rings. The van der Waals surface area contributed by atoms with E-state index < -0.39 is 13.5 Å². The summed E-state index contributed by atoms with van der Waals surface area (Å²) in [4.78, 5) is 23.9. The Kier molecular flexibility index (Phi) is 7.98. The standard InChI is InChI=1S/C23H30ClN3O3Si/c1-31(2,24)15-7-12-25-22(28)26-13-14-27-23(29)30-16-21-19-10-5-3-8-17(19)18-9-4-6-11-20(18)21/h3-6,8-11,21H,7,12-16H2,1-2H3,(H,27,29)(H2,25,26,28). The number of alkyl carbamates (subject to hydrolysis) is 1. The van der Waals surface area contributed by atoms with Crippen molar-refractivity contribution in [1.82, 2.24) is 16.0 Å². The summed E-state index contributed by atoms with van der Waals surface area (Å²) in [5, 5.41) is 8.19. The van der Waals surface area contributed by atoms with Gasteiger partial charge in [0.15, 0.2) is 7.38 Å². The Balaban J connectivity index is 1.35. The van der Waals surface area contributed by atoms with Gasteiger partial charge in [0.1, 0.15) is 6.61 Å². The van der Waals surface area contributed by atoms with E-state index in [9.17, 15) is 9.59 Å². The third-order valence-electron chi connectivity index (χ3n) is 5.26. The van der Waals surface area contributed by atoms with Gasteiger partial charge in [0, 0.05) is 25.6 Å². The van der Waals surface area contributed by atoms with Crippen LogP contribution in [0.5, 0.6) is 0 Å². The maximum absolute atomic E-state index is 12.1. The van der Waals surface area contributed by atoms with Crippen molar-refractivity contribution >= 4 is 30.6 Å². The molecule has 8 heteroatoms. The van der Waals surface area contributed by atoms with E-state index in [-0.39, 0.29) is 18.6 Å². The molecule has 0 fully saturated rings. The van der Waals surface area contributed by atoms with Crippen LogP contribution in [0.4, 0.5) is 9.59 Å². The summed E-state index contributed by atoms with van der Waals surface area (Å²) in [6, 6.07) is 17.1. The summed E-state index contributed by atoms with van der Waals surface area (Å²) in [5.74, 6) is 0.0306. The van der Waals surface area contributed by atoms with Crippen molar-refractivity contribution in [1.29, 1.82) is 0 Å². The zero-order valence-corrected chi connectivity index (χ0v) is 19.8. The fourth-order valence-electron chi connectivity index (χ4n) is 3.76. The molecule has 0 aromatic heterocycles. The molecule has 0 bridgehead atoms.